The summed E-state index contributed by atoms with van der Waals surface area (Å²) in [5.74, 6) is -0.00931. The highest BCUT2D eigenvalue weighted by atomic mass is 16.2. The van der Waals surface area contributed by atoms with E-state index in [-0.39, 0.29) is 17.9 Å². The highest BCUT2D eigenvalue weighted by Gasteiger charge is 2.25. The van der Waals surface area contributed by atoms with E-state index < -0.39 is 0 Å². The maximum Gasteiger partial charge on any atom is 0.251 e. The highest BCUT2D eigenvalue weighted by molar-refractivity contribution is 5.95. The lowest BCUT2D eigenvalue weighted by Crippen LogP contribution is -2.48. The van der Waals surface area contributed by atoms with E-state index in [9.17, 15) is 9.59 Å². The van der Waals surface area contributed by atoms with Crippen molar-refractivity contribution in [1.82, 2.24) is 25.4 Å². The van der Waals surface area contributed by atoms with E-state index in [1.807, 2.05) is 12.1 Å². The molecular weight excluding hydrogens is 342 g/mol. The monoisotopic (exact) mass is 367 g/mol. The molecule has 27 heavy (non-hydrogen) atoms. The molecule has 0 aliphatic heterocycles. The number of nitrogens with one attached hydrogen (secondary N) is 2. The minimum atomic E-state index is -0.224. The zero-order valence-electron chi connectivity index (χ0n) is 15.3. The van der Waals surface area contributed by atoms with Gasteiger partial charge in [-0.3, -0.25) is 9.59 Å². The van der Waals surface area contributed by atoms with Crippen LogP contribution in [0.1, 0.15) is 42.5 Å². The fourth-order valence-electron chi connectivity index (χ4n) is 3.54. The highest BCUT2D eigenvalue weighted by Crippen LogP contribution is 2.26. The summed E-state index contributed by atoms with van der Waals surface area (Å²) in [6, 6.07) is 7.15. The van der Waals surface area contributed by atoms with Crippen LogP contribution in [0.3, 0.4) is 0 Å². The predicted octanol–water partition coefficient (Wildman–Crippen LogP) is 2.25. The van der Waals surface area contributed by atoms with Crippen LogP contribution < -0.4 is 10.6 Å². The third-order valence-electron chi connectivity index (χ3n) is 5.01. The van der Waals surface area contributed by atoms with Crippen LogP contribution in [-0.2, 0) is 4.79 Å². The summed E-state index contributed by atoms with van der Waals surface area (Å²) in [6.07, 6.45) is 9.97. The Balaban J connectivity index is 1.72. The Hall–Kier alpha value is -2.96. The van der Waals surface area contributed by atoms with Crippen molar-refractivity contribution in [2.45, 2.75) is 38.1 Å². The number of amides is 2. The van der Waals surface area contributed by atoms with Gasteiger partial charge in [0.1, 0.15) is 12.7 Å². The summed E-state index contributed by atoms with van der Waals surface area (Å²) in [6.45, 7) is 3.89. The lowest BCUT2D eigenvalue weighted by atomic mass is 9.83. The van der Waals surface area contributed by atoms with Gasteiger partial charge in [-0.15, -0.1) is 0 Å². The molecule has 1 aromatic heterocycles. The van der Waals surface area contributed by atoms with Crippen LogP contribution in [0, 0.1) is 5.92 Å². The van der Waals surface area contributed by atoms with Gasteiger partial charge in [0.15, 0.2) is 0 Å². The van der Waals surface area contributed by atoms with Crippen LogP contribution in [0.2, 0.25) is 0 Å². The zero-order chi connectivity index (χ0) is 19.1. The zero-order valence-corrected chi connectivity index (χ0v) is 15.3. The Kier molecular flexibility index (Phi) is 6.35. The van der Waals surface area contributed by atoms with E-state index in [1.165, 1.54) is 18.8 Å². The minimum Gasteiger partial charge on any atom is -0.350 e. The second kappa shape index (κ2) is 9.12. The first-order valence-corrected chi connectivity index (χ1v) is 9.33. The quantitative estimate of drug-likeness (QED) is 0.735. The van der Waals surface area contributed by atoms with Crippen molar-refractivity contribution in [1.29, 1.82) is 0 Å². The normalized spacial score (nSPS) is 15.7. The summed E-state index contributed by atoms with van der Waals surface area (Å²) < 4.78 is 1.61. The average molecular weight is 367 g/mol. The van der Waals surface area contributed by atoms with Crippen LogP contribution in [0.15, 0.2) is 49.6 Å². The Morgan fingerprint density at radius 3 is 2.81 bits per heavy atom. The molecule has 0 bridgehead atoms. The van der Waals surface area contributed by atoms with Crippen LogP contribution in [0.5, 0.6) is 0 Å². The average Bonchev–Trinajstić information content (AvgIpc) is 3.26. The Morgan fingerprint density at radius 2 is 2.11 bits per heavy atom. The smallest absolute Gasteiger partial charge is 0.251 e. The van der Waals surface area contributed by atoms with Gasteiger partial charge in [-0.25, -0.2) is 9.67 Å². The molecule has 1 saturated carbocycles. The van der Waals surface area contributed by atoms with E-state index in [4.69, 9.17) is 0 Å². The number of carbonyl (C=O) groups is 2. The molecule has 2 aromatic rings. The molecule has 3 rings (SSSR count). The Morgan fingerprint density at radius 1 is 1.30 bits per heavy atom. The van der Waals surface area contributed by atoms with Crippen LogP contribution >= 0.6 is 0 Å². The van der Waals surface area contributed by atoms with Crippen molar-refractivity contribution in [3.63, 3.8) is 0 Å². The van der Waals surface area contributed by atoms with Crippen molar-refractivity contribution >= 4 is 11.8 Å². The Bertz CT molecular complexity index is 781. The number of hydrogen-bond donors (Lipinski definition) is 2. The lowest BCUT2D eigenvalue weighted by Gasteiger charge is -2.31. The summed E-state index contributed by atoms with van der Waals surface area (Å²) >= 11 is 0. The van der Waals surface area contributed by atoms with Gasteiger partial charge >= 0.3 is 0 Å². The van der Waals surface area contributed by atoms with E-state index >= 15 is 0 Å². The van der Waals surface area contributed by atoms with Gasteiger partial charge in [0.2, 0.25) is 5.91 Å². The molecule has 1 aliphatic rings. The van der Waals surface area contributed by atoms with Crippen molar-refractivity contribution in [2.75, 3.05) is 6.54 Å². The first-order valence-electron chi connectivity index (χ1n) is 9.33. The summed E-state index contributed by atoms with van der Waals surface area (Å²) in [4.78, 5) is 28.4. The van der Waals surface area contributed by atoms with Gasteiger partial charge in [0.25, 0.3) is 5.91 Å². The van der Waals surface area contributed by atoms with E-state index in [1.54, 1.807) is 23.1 Å². The molecule has 1 aromatic carbocycles. The van der Waals surface area contributed by atoms with Crippen LogP contribution in [0.25, 0.3) is 5.69 Å². The molecule has 0 spiro atoms. The largest absolute Gasteiger partial charge is 0.350 e. The second-order valence-corrected chi connectivity index (χ2v) is 6.82. The molecule has 1 unspecified atom stereocenters. The molecule has 0 radical (unpaired) electrons. The van der Waals surface area contributed by atoms with Gasteiger partial charge in [0.05, 0.1) is 5.69 Å². The maximum absolute atomic E-state index is 12.8. The fraction of sp³-hybridized carbons (Fsp3) is 0.400. The first kappa shape index (κ1) is 18.8. The van der Waals surface area contributed by atoms with Crippen molar-refractivity contribution < 1.29 is 9.59 Å². The van der Waals surface area contributed by atoms with Gasteiger partial charge in [0, 0.05) is 18.2 Å². The first-order chi connectivity index (χ1) is 13.2. The molecule has 7 heteroatoms. The summed E-state index contributed by atoms with van der Waals surface area (Å²) in [5.41, 5.74) is 1.33. The topological polar surface area (TPSA) is 88.9 Å². The molecule has 2 amide bonds. The Labute approximate surface area is 158 Å². The van der Waals surface area contributed by atoms with Crippen molar-refractivity contribution in [2.24, 2.45) is 5.92 Å². The molecule has 0 saturated heterocycles. The van der Waals surface area contributed by atoms with E-state index in [0.29, 0.717) is 18.0 Å². The molecule has 1 atom stereocenters. The number of carbonyl (C=O) groups excluding carboxylic acids is 2. The fourth-order valence-corrected chi connectivity index (χ4v) is 3.54. The van der Waals surface area contributed by atoms with E-state index in [2.05, 4.69) is 27.3 Å². The second-order valence-electron chi connectivity index (χ2n) is 6.82. The van der Waals surface area contributed by atoms with Crippen molar-refractivity contribution in [3.8, 4) is 5.69 Å². The third kappa shape index (κ3) is 5.03. The molecule has 1 aliphatic carbocycles. The maximum atomic E-state index is 12.8. The summed E-state index contributed by atoms with van der Waals surface area (Å²) in [7, 11) is 0. The molecule has 7 nitrogen and oxygen atoms in total. The molecular formula is C20H25N5O2. The number of benzene rings is 1. The standard InChI is InChI=1S/C20H25N5O2/c1-2-19(26)22-12-18(15-7-4-3-5-8-15)24-20(27)16-9-6-10-17(11-16)25-14-21-13-23-25/h2,6,9-11,13-15,18H,1,3-5,7-8,12H2,(H,22,26)(H,24,27). The SMILES string of the molecule is C=CC(=O)NCC(NC(=O)c1cccc(-n2cncn2)c1)C1CCCCC1. The number of aromatic nitrogens is 3. The van der Waals surface area contributed by atoms with Gasteiger partial charge in [-0.2, -0.15) is 5.10 Å². The number of hydrogen-bond acceptors (Lipinski definition) is 4. The van der Waals surface area contributed by atoms with Gasteiger partial charge in [-0.1, -0.05) is 31.9 Å². The number of nitrogens with zero attached hydrogens (tertiary/aromatic N) is 3. The summed E-state index contributed by atoms with van der Waals surface area (Å²) in [5, 5.41) is 10.0. The third-order valence-corrected chi connectivity index (χ3v) is 5.01. The minimum absolute atomic E-state index is 0.100. The molecule has 1 heterocycles. The lowest BCUT2D eigenvalue weighted by molar-refractivity contribution is -0.116. The number of rotatable bonds is 7. The predicted molar refractivity (Wildman–Crippen MR) is 102 cm³/mol. The van der Waals surface area contributed by atoms with Crippen LogP contribution in [0.4, 0.5) is 0 Å². The van der Waals surface area contributed by atoms with Crippen molar-refractivity contribution in [3.05, 3.63) is 55.1 Å². The van der Waals surface area contributed by atoms with Gasteiger partial charge < -0.3 is 10.6 Å². The van der Waals surface area contributed by atoms with E-state index in [0.717, 1.165) is 31.4 Å². The molecule has 2 N–H and O–H groups in total. The van der Waals surface area contributed by atoms with Crippen LogP contribution in [-0.4, -0.2) is 39.2 Å². The van der Waals surface area contributed by atoms with Gasteiger partial charge in [-0.05, 0) is 43.0 Å². The molecule has 142 valence electrons. The molecule has 1 fully saturated rings.